The minimum atomic E-state index is -0.820. The first-order chi connectivity index (χ1) is 10.3. The first-order valence-corrected chi connectivity index (χ1v) is 6.89. The number of carbonyl (C=O) groups excluding carboxylic acids is 2. The van der Waals surface area contributed by atoms with Crippen LogP contribution in [0.4, 0.5) is 0 Å². The maximum absolute atomic E-state index is 11.7. The van der Waals surface area contributed by atoms with E-state index in [1.807, 2.05) is 6.92 Å². The molecular formula is C15H21NO6. The number of rotatable bonds is 7. The fourth-order valence-corrected chi connectivity index (χ4v) is 1.49. The maximum atomic E-state index is 11.7. The van der Waals surface area contributed by atoms with Gasteiger partial charge in [0, 0.05) is 6.07 Å². The van der Waals surface area contributed by atoms with Crippen molar-refractivity contribution < 1.29 is 29.4 Å². The van der Waals surface area contributed by atoms with Crippen molar-refractivity contribution in [3.05, 3.63) is 23.8 Å². The van der Waals surface area contributed by atoms with Gasteiger partial charge in [-0.05, 0) is 32.4 Å². The molecule has 3 N–H and O–H groups in total. The van der Waals surface area contributed by atoms with Crippen LogP contribution in [0.1, 0.15) is 37.6 Å². The van der Waals surface area contributed by atoms with E-state index in [0.29, 0.717) is 12.2 Å². The number of amides is 1. The first kappa shape index (κ1) is 17.8. The van der Waals surface area contributed by atoms with Gasteiger partial charge in [-0.3, -0.25) is 14.8 Å². The standard InChI is InChI=1S/C15H21NO6/c1-4-15(2,3)14(19)22-8-7-21-10-5-6-11(12(17)9-10)13(18)16-20/h5-6,9,17,20H,4,7-8H2,1-3H3,(H,16,18). The summed E-state index contributed by atoms with van der Waals surface area (Å²) in [4.78, 5) is 22.9. The highest BCUT2D eigenvalue weighted by atomic mass is 16.6. The minimum absolute atomic E-state index is 0.0778. The molecule has 0 aliphatic rings. The molecule has 122 valence electrons. The Morgan fingerprint density at radius 2 is 1.95 bits per heavy atom. The fourth-order valence-electron chi connectivity index (χ4n) is 1.49. The second-order valence-electron chi connectivity index (χ2n) is 5.34. The van der Waals surface area contributed by atoms with Gasteiger partial charge in [-0.25, -0.2) is 5.48 Å². The Hall–Kier alpha value is -2.28. The zero-order valence-electron chi connectivity index (χ0n) is 12.9. The third kappa shape index (κ3) is 4.63. The second kappa shape index (κ2) is 7.65. The summed E-state index contributed by atoms with van der Waals surface area (Å²) in [6, 6.07) is 4.01. The smallest absolute Gasteiger partial charge is 0.311 e. The van der Waals surface area contributed by atoms with Crippen LogP contribution >= 0.6 is 0 Å². The molecule has 0 atom stereocenters. The van der Waals surface area contributed by atoms with Crippen molar-refractivity contribution in [3.63, 3.8) is 0 Å². The molecule has 0 bridgehead atoms. The zero-order valence-corrected chi connectivity index (χ0v) is 12.9. The number of esters is 1. The average Bonchev–Trinajstić information content (AvgIpc) is 2.50. The number of hydrogen-bond donors (Lipinski definition) is 3. The molecule has 1 aromatic rings. The van der Waals surface area contributed by atoms with Crippen molar-refractivity contribution in [2.45, 2.75) is 27.2 Å². The van der Waals surface area contributed by atoms with Gasteiger partial charge in [0.1, 0.15) is 24.7 Å². The summed E-state index contributed by atoms with van der Waals surface area (Å²) in [5.41, 5.74) is 0.821. The lowest BCUT2D eigenvalue weighted by molar-refractivity contribution is -0.154. The van der Waals surface area contributed by atoms with Crippen LogP contribution in [-0.2, 0) is 9.53 Å². The summed E-state index contributed by atoms with van der Waals surface area (Å²) in [6.45, 7) is 5.72. The van der Waals surface area contributed by atoms with E-state index in [4.69, 9.17) is 14.7 Å². The summed E-state index contributed by atoms with van der Waals surface area (Å²) in [6.07, 6.45) is 0.676. The van der Waals surface area contributed by atoms with Crippen molar-refractivity contribution in [2.75, 3.05) is 13.2 Å². The number of benzene rings is 1. The van der Waals surface area contributed by atoms with Crippen LogP contribution in [0.25, 0.3) is 0 Å². The van der Waals surface area contributed by atoms with Crippen LogP contribution in [0.5, 0.6) is 11.5 Å². The highest BCUT2D eigenvalue weighted by Gasteiger charge is 2.26. The minimum Gasteiger partial charge on any atom is -0.507 e. The largest absolute Gasteiger partial charge is 0.507 e. The lowest BCUT2D eigenvalue weighted by Gasteiger charge is -2.20. The molecule has 7 heteroatoms. The summed E-state index contributed by atoms with van der Waals surface area (Å²) in [5, 5.41) is 18.1. The summed E-state index contributed by atoms with van der Waals surface area (Å²) in [5.74, 6) is -1.12. The second-order valence-corrected chi connectivity index (χ2v) is 5.34. The van der Waals surface area contributed by atoms with Crippen LogP contribution < -0.4 is 10.2 Å². The molecule has 0 fully saturated rings. The van der Waals surface area contributed by atoms with Crippen molar-refractivity contribution in [2.24, 2.45) is 5.41 Å². The van der Waals surface area contributed by atoms with Crippen LogP contribution in [0, 0.1) is 5.41 Å². The predicted octanol–water partition coefficient (Wildman–Crippen LogP) is 1.87. The van der Waals surface area contributed by atoms with Crippen molar-refractivity contribution in [3.8, 4) is 11.5 Å². The van der Waals surface area contributed by atoms with Gasteiger partial charge in [-0.2, -0.15) is 0 Å². The van der Waals surface area contributed by atoms with E-state index in [-0.39, 0.29) is 30.5 Å². The van der Waals surface area contributed by atoms with Gasteiger partial charge < -0.3 is 14.6 Å². The quantitative estimate of drug-likeness (QED) is 0.307. The first-order valence-electron chi connectivity index (χ1n) is 6.89. The van der Waals surface area contributed by atoms with Gasteiger partial charge in [0.05, 0.1) is 11.0 Å². The van der Waals surface area contributed by atoms with E-state index in [0.717, 1.165) is 0 Å². The Morgan fingerprint density at radius 3 is 2.50 bits per heavy atom. The highest BCUT2D eigenvalue weighted by molar-refractivity contribution is 5.96. The number of nitrogens with one attached hydrogen (secondary N) is 1. The molecule has 0 saturated carbocycles. The Kier molecular flexibility index (Phi) is 6.18. The molecular weight excluding hydrogens is 290 g/mol. The van der Waals surface area contributed by atoms with Gasteiger partial charge in [0.2, 0.25) is 0 Å². The molecule has 0 aromatic heterocycles. The molecule has 1 aromatic carbocycles. The van der Waals surface area contributed by atoms with Crippen LogP contribution in [0.2, 0.25) is 0 Å². The molecule has 0 spiro atoms. The number of hydroxylamine groups is 1. The lowest BCUT2D eigenvalue weighted by Crippen LogP contribution is -2.27. The van der Waals surface area contributed by atoms with Crippen LogP contribution in [0.3, 0.4) is 0 Å². The van der Waals surface area contributed by atoms with Crippen LogP contribution in [0.15, 0.2) is 18.2 Å². The SMILES string of the molecule is CCC(C)(C)C(=O)OCCOc1ccc(C(=O)NO)c(O)c1. The van der Waals surface area contributed by atoms with E-state index >= 15 is 0 Å². The summed E-state index contributed by atoms with van der Waals surface area (Å²) in [7, 11) is 0. The molecule has 7 nitrogen and oxygen atoms in total. The predicted molar refractivity (Wildman–Crippen MR) is 77.9 cm³/mol. The third-order valence-corrected chi connectivity index (χ3v) is 3.34. The van der Waals surface area contributed by atoms with Crippen molar-refractivity contribution in [1.82, 2.24) is 5.48 Å². The topological polar surface area (TPSA) is 105 Å². The van der Waals surface area contributed by atoms with Crippen molar-refractivity contribution in [1.29, 1.82) is 0 Å². The average molecular weight is 311 g/mol. The molecule has 0 saturated heterocycles. The Morgan fingerprint density at radius 1 is 1.27 bits per heavy atom. The van der Waals surface area contributed by atoms with Crippen molar-refractivity contribution >= 4 is 11.9 Å². The van der Waals surface area contributed by atoms with Gasteiger partial charge in [0.15, 0.2) is 0 Å². The molecule has 1 rings (SSSR count). The molecule has 0 heterocycles. The molecule has 0 aliphatic heterocycles. The van der Waals surface area contributed by atoms with Crippen LogP contribution in [-0.4, -0.2) is 35.4 Å². The lowest BCUT2D eigenvalue weighted by atomic mass is 9.91. The number of carbonyl (C=O) groups is 2. The van der Waals surface area contributed by atoms with E-state index in [9.17, 15) is 14.7 Å². The number of hydrogen-bond acceptors (Lipinski definition) is 6. The van der Waals surface area contributed by atoms with E-state index in [1.165, 1.54) is 23.7 Å². The molecule has 22 heavy (non-hydrogen) atoms. The third-order valence-electron chi connectivity index (χ3n) is 3.34. The summed E-state index contributed by atoms with van der Waals surface area (Å²) < 4.78 is 10.4. The molecule has 1 amide bonds. The Balaban J connectivity index is 2.48. The van der Waals surface area contributed by atoms with Gasteiger partial charge in [-0.15, -0.1) is 0 Å². The maximum Gasteiger partial charge on any atom is 0.311 e. The summed E-state index contributed by atoms with van der Waals surface area (Å²) >= 11 is 0. The number of ether oxygens (including phenoxy) is 2. The normalized spacial score (nSPS) is 10.9. The number of aromatic hydroxyl groups is 1. The monoisotopic (exact) mass is 311 g/mol. The number of phenolic OH excluding ortho intramolecular Hbond substituents is 1. The van der Waals surface area contributed by atoms with Gasteiger partial charge >= 0.3 is 5.97 Å². The Bertz CT molecular complexity index is 541. The molecule has 0 aliphatic carbocycles. The molecule has 0 radical (unpaired) electrons. The van der Waals surface area contributed by atoms with E-state index in [2.05, 4.69) is 0 Å². The number of phenols is 1. The van der Waals surface area contributed by atoms with Gasteiger partial charge in [-0.1, -0.05) is 6.92 Å². The van der Waals surface area contributed by atoms with Gasteiger partial charge in [0.25, 0.3) is 5.91 Å². The van der Waals surface area contributed by atoms with E-state index in [1.54, 1.807) is 13.8 Å². The highest BCUT2D eigenvalue weighted by Crippen LogP contribution is 2.24. The Labute approximate surface area is 128 Å². The van der Waals surface area contributed by atoms with E-state index < -0.39 is 11.3 Å². The fraction of sp³-hybridized carbons (Fsp3) is 0.467. The molecule has 0 unspecified atom stereocenters. The zero-order chi connectivity index (χ0) is 16.8.